The summed E-state index contributed by atoms with van der Waals surface area (Å²) in [7, 11) is -1.12. The molecule has 0 saturated carbocycles. The SMILES string of the molecule is CCCCC[Si]1(c2ccc(C)cc2)CCCCC1. The van der Waals surface area contributed by atoms with Gasteiger partial charge in [-0.2, -0.15) is 0 Å². The largest absolute Gasteiger partial charge is 0.0867 e. The number of unbranched alkanes of at least 4 members (excludes halogenated alkanes) is 2. The lowest BCUT2D eigenvalue weighted by molar-refractivity contribution is 0.694. The van der Waals surface area contributed by atoms with Gasteiger partial charge in [0.1, 0.15) is 0 Å². The molecule has 0 radical (unpaired) electrons. The van der Waals surface area contributed by atoms with E-state index >= 15 is 0 Å². The number of rotatable bonds is 5. The van der Waals surface area contributed by atoms with Crippen LogP contribution < -0.4 is 5.19 Å². The number of hydrogen-bond acceptors (Lipinski definition) is 0. The van der Waals surface area contributed by atoms with Gasteiger partial charge in [-0.05, 0) is 6.92 Å². The monoisotopic (exact) mass is 260 g/mol. The zero-order chi connectivity index (χ0) is 12.8. The lowest BCUT2D eigenvalue weighted by Crippen LogP contribution is -2.48. The van der Waals surface area contributed by atoms with Crippen LogP contribution in [0.2, 0.25) is 18.1 Å². The van der Waals surface area contributed by atoms with E-state index in [4.69, 9.17) is 0 Å². The smallest absolute Gasteiger partial charge is 0.0654 e. The van der Waals surface area contributed by atoms with Crippen molar-refractivity contribution in [2.24, 2.45) is 0 Å². The second kappa shape index (κ2) is 6.56. The number of hydrogen-bond donors (Lipinski definition) is 0. The maximum Gasteiger partial charge on any atom is 0.0867 e. The maximum absolute atomic E-state index is 2.46. The molecule has 0 nitrogen and oxygen atoms in total. The van der Waals surface area contributed by atoms with Crippen molar-refractivity contribution in [1.82, 2.24) is 0 Å². The van der Waals surface area contributed by atoms with E-state index in [-0.39, 0.29) is 0 Å². The Morgan fingerprint density at radius 3 is 2.22 bits per heavy atom. The Morgan fingerprint density at radius 1 is 0.944 bits per heavy atom. The highest BCUT2D eigenvalue weighted by Crippen LogP contribution is 2.33. The summed E-state index contributed by atoms with van der Waals surface area (Å²) in [5.41, 5.74) is 1.41. The summed E-state index contributed by atoms with van der Waals surface area (Å²) in [6, 6.07) is 14.2. The summed E-state index contributed by atoms with van der Waals surface area (Å²) in [5.74, 6) is 0. The van der Waals surface area contributed by atoms with Crippen molar-refractivity contribution in [1.29, 1.82) is 0 Å². The first kappa shape index (κ1) is 13.9. The Morgan fingerprint density at radius 2 is 1.61 bits per heavy atom. The van der Waals surface area contributed by atoms with Gasteiger partial charge in [0.25, 0.3) is 0 Å². The molecule has 0 amide bonds. The third-order valence-electron chi connectivity index (χ3n) is 4.73. The predicted molar refractivity (Wildman–Crippen MR) is 84.4 cm³/mol. The molecule has 0 spiro atoms. The molecule has 1 heterocycles. The van der Waals surface area contributed by atoms with Crippen LogP contribution in [-0.2, 0) is 0 Å². The van der Waals surface area contributed by atoms with Gasteiger partial charge in [0.15, 0.2) is 0 Å². The highest BCUT2D eigenvalue weighted by atomic mass is 28.3. The first-order chi connectivity index (χ1) is 8.77. The normalized spacial score (nSPS) is 18.8. The van der Waals surface area contributed by atoms with Crippen LogP contribution in [0.5, 0.6) is 0 Å². The molecule has 1 fully saturated rings. The Hall–Kier alpha value is -0.563. The van der Waals surface area contributed by atoms with Crippen molar-refractivity contribution < 1.29 is 0 Å². The van der Waals surface area contributed by atoms with Crippen LogP contribution in [0.1, 0.15) is 51.0 Å². The van der Waals surface area contributed by atoms with E-state index < -0.39 is 8.07 Å². The molecule has 0 unspecified atom stereocenters. The fraction of sp³-hybridized carbons (Fsp3) is 0.647. The quantitative estimate of drug-likeness (QED) is 0.515. The van der Waals surface area contributed by atoms with Crippen LogP contribution in [0.15, 0.2) is 24.3 Å². The van der Waals surface area contributed by atoms with E-state index in [9.17, 15) is 0 Å². The molecule has 1 saturated heterocycles. The molecule has 0 aromatic heterocycles. The van der Waals surface area contributed by atoms with E-state index in [0.29, 0.717) is 0 Å². The summed E-state index contributed by atoms with van der Waals surface area (Å²) >= 11 is 0. The fourth-order valence-corrected chi connectivity index (χ4v) is 8.80. The van der Waals surface area contributed by atoms with E-state index in [2.05, 4.69) is 38.1 Å². The molecule has 0 atom stereocenters. The molecular weight excluding hydrogens is 232 g/mol. The third-order valence-corrected chi connectivity index (χ3v) is 10.2. The molecule has 1 aliphatic heterocycles. The van der Waals surface area contributed by atoms with Crippen LogP contribution in [0, 0.1) is 6.92 Å². The molecular formula is C17H28Si. The van der Waals surface area contributed by atoms with Crippen molar-refractivity contribution in [3.63, 3.8) is 0 Å². The minimum absolute atomic E-state index is 1.12. The molecule has 0 bridgehead atoms. The molecule has 1 aliphatic rings. The van der Waals surface area contributed by atoms with Gasteiger partial charge in [-0.25, -0.2) is 0 Å². The predicted octanol–water partition coefficient (Wildman–Crippen LogP) is 5.02. The first-order valence-electron chi connectivity index (χ1n) is 7.84. The van der Waals surface area contributed by atoms with Crippen molar-refractivity contribution in [2.45, 2.75) is 70.5 Å². The molecule has 1 aromatic carbocycles. The van der Waals surface area contributed by atoms with E-state index in [1.165, 1.54) is 44.1 Å². The second-order valence-electron chi connectivity index (χ2n) is 6.16. The average molecular weight is 260 g/mol. The van der Waals surface area contributed by atoms with Crippen molar-refractivity contribution >= 4 is 13.3 Å². The summed E-state index contributed by atoms with van der Waals surface area (Å²) in [6.07, 6.45) is 8.72. The van der Waals surface area contributed by atoms with Gasteiger partial charge < -0.3 is 0 Å². The lowest BCUT2D eigenvalue weighted by Gasteiger charge is -2.36. The standard InChI is InChI=1S/C17H28Si/c1-3-4-6-13-18(14-7-5-8-15-18)17-11-9-16(2)10-12-17/h9-12H,3-8,13-15H2,1-2H3. The minimum Gasteiger partial charge on any atom is -0.0654 e. The summed E-state index contributed by atoms with van der Waals surface area (Å²) in [4.78, 5) is 0. The van der Waals surface area contributed by atoms with Gasteiger partial charge in [-0.3, -0.25) is 0 Å². The molecule has 2 rings (SSSR count). The van der Waals surface area contributed by atoms with Gasteiger partial charge in [0, 0.05) is 0 Å². The minimum atomic E-state index is -1.12. The molecule has 1 aromatic rings. The van der Waals surface area contributed by atoms with Crippen molar-refractivity contribution in [2.75, 3.05) is 0 Å². The van der Waals surface area contributed by atoms with Gasteiger partial charge in [-0.1, -0.05) is 98.6 Å². The summed E-state index contributed by atoms with van der Waals surface area (Å²) in [6.45, 7) is 4.52. The topological polar surface area (TPSA) is 0 Å². The number of aryl methyl sites for hydroxylation is 1. The zero-order valence-corrected chi connectivity index (χ0v) is 13.2. The Kier molecular flexibility index (Phi) is 5.05. The lowest BCUT2D eigenvalue weighted by atomic mass is 10.2. The van der Waals surface area contributed by atoms with Gasteiger partial charge in [0.2, 0.25) is 0 Å². The van der Waals surface area contributed by atoms with Crippen LogP contribution in [0.3, 0.4) is 0 Å². The Balaban J connectivity index is 2.15. The highest BCUT2D eigenvalue weighted by molar-refractivity contribution is 6.92. The molecule has 0 aliphatic carbocycles. The fourth-order valence-electron chi connectivity index (χ4n) is 3.53. The number of benzene rings is 1. The Bertz CT molecular complexity index is 346. The van der Waals surface area contributed by atoms with E-state index in [1.54, 1.807) is 23.3 Å². The molecule has 18 heavy (non-hydrogen) atoms. The molecule has 100 valence electrons. The highest BCUT2D eigenvalue weighted by Gasteiger charge is 2.35. The van der Waals surface area contributed by atoms with Crippen LogP contribution in [-0.4, -0.2) is 8.07 Å². The average Bonchev–Trinajstić information content (AvgIpc) is 2.41. The Labute approximate surface area is 114 Å². The van der Waals surface area contributed by atoms with E-state index in [1.807, 2.05) is 0 Å². The zero-order valence-electron chi connectivity index (χ0n) is 12.2. The second-order valence-corrected chi connectivity index (χ2v) is 10.8. The van der Waals surface area contributed by atoms with Gasteiger partial charge >= 0.3 is 0 Å². The maximum atomic E-state index is 2.46. The van der Waals surface area contributed by atoms with Gasteiger partial charge in [0.05, 0.1) is 8.07 Å². The van der Waals surface area contributed by atoms with Crippen LogP contribution in [0.4, 0.5) is 0 Å². The molecule has 0 N–H and O–H groups in total. The summed E-state index contributed by atoms with van der Waals surface area (Å²) < 4.78 is 0. The van der Waals surface area contributed by atoms with Crippen molar-refractivity contribution in [3.8, 4) is 0 Å². The third kappa shape index (κ3) is 3.26. The van der Waals surface area contributed by atoms with Crippen LogP contribution >= 0.6 is 0 Å². The molecule has 1 heteroatoms. The van der Waals surface area contributed by atoms with Crippen LogP contribution in [0.25, 0.3) is 0 Å². The van der Waals surface area contributed by atoms with Gasteiger partial charge in [-0.15, -0.1) is 0 Å². The van der Waals surface area contributed by atoms with E-state index in [0.717, 1.165) is 0 Å². The van der Waals surface area contributed by atoms with Crippen molar-refractivity contribution in [3.05, 3.63) is 29.8 Å². The summed E-state index contributed by atoms with van der Waals surface area (Å²) in [5, 5.41) is 1.75. The first-order valence-corrected chi connectivity index (χ1v) is 10.5.